The molecule has 0 bridgehead atoms. The monoisotopic (exact) mass is 575 g/mol. The highest BCUT2D eigenvalue weighted by Crippen LogP contribution is 2.50. The van der Waals surface area contributed by atoms with Crippen LogP contribution in [-0.4, -0.2) is 14.5 Å². The van der Waals surface area contributed by atoms with Gasteiger partial charge in [0.2, 0.25) is 11.0 Å². The van der Waals surface area contributed by atoms with Gasteiger partial charge in [-0.15, -0.1) is 11.3 Å². The molecule has 0 unspecified atom stereocenters. The van der Waals surface area contributed by atoms with Gasteiger partial charge in [0.05, 0.1) is 16.4 Å². The molecule has 0 saturated heterocycles. The number of rotatable bonds is 1. The summed E-state index contributed by atoms with van der Waals surface area (Å²) in [4.78, 5) is 9.46. The smallest absolute Gasteiger partial charge is 0.233 e. The van der Waals surface area contributed by atoms with Crippen LogP contribution < -0.4 is 0 Å². The number of para-hydroxylation sites is 1. The molecule has 0 spiro atoms. The Hall–Kier alpha value is -4.97. The first-order chi connectivity index (χ1) is 20.8. The molecule has 0 fully saturated rings. The summed E-state index contributed by atoms with van der Waals surface area (Å²) in [6.45, 7) is 0. The van der Waals surface area contributed by atoms with Crippen molar-refractivity contribution >= 4 is 109 Å². The van der Waals surface area contributed by atoms with Crippen LogP contribution in [0.2, 0.25) is 5.28 Å². The van der Waals surface area contributed by atoms with Crippen LogP contribution in [0.5, 0.6) is 0 Å². The second kappa shape index (κ2) is 8.07. The number of furan rings is 1. The normalized spacial score (nSPS) is 12.4. The molecule has 0 atom stereocenters. The van der Waals surface area contributed by atoms with Gasteiger partial charge in [0.15, 0.2) is 5.82 Å². The number of hydrogen-bond acceptors (Lipinski definition) is 4. The summed E-state index contributed by atoms with van der Waals surface area (Å²) in [7, 11) is 0. The predicted molar refractivity (Wildman–Crippen MR) is 177 cm³/mol. The highest BCUT2D eigenvalue weighted by molar-refractivity contribution is 7.27. The van der Waals surface area contributed by atoms with Gasteiger partial charge in [-0.05, 0) is 40.6 Å². The molecule has 0 saturated carbocycles. The van der Waals surface area contributed by atoms with Crippen LogP contribution in [-0.2, 0) is 0 Å². The summed E-state index contributed by atoms with van der Waals surface area (Å²) in [5, 5.41) is 11.7. The maximum Gasteiger partial charge on any atom is 0.233 e. The lowest BCUT2D eigenvalue weighted by Gasteiger charge is -2.11. The lowest BCUT2D eigenvalue weighted by Crippen LogP contribution is -2.00. The Labute approximate surface area is 247 Å². The predicted octanol–water partition coefficient (Wildman–Crippen LogP) is 10.8. The van der Waals surface area contributed by atoms with E-state index in [-0.39, 0.29) is 5.28 Å². The first-order valence-corrected chi connectivity index (χ1v) is 15.0. The fourth-order valence-electron chi connectivity index (χ4n) is 6.89. The summed E-state index contributed by atoms with van der Waals surface area (Å²) in [6, 6.07) is 38.5. The van der Waals surface area contributed by atoms with Crippen LogP contribution in [0.25, 0.3) is 91.4 Å². The second-order valence-electron chi connectivity index (χ2n) is 10.7. The van der Waals surface area contributed by atoms with Crippen molar-refractivity contribution in [2.45, 2.75) is 0 Å². The van der Waals surface area contributed by atoms with Gasteiger partial charge in [-0.3, -0.25) is 4.57 Å². The van der Waals surface area contributed by atoms with Crippen molar-refractivity contribution in [3.8, 4) is 5.82 Å². The molecule has 10 aromatic rings. The third-order valence-electron chi connectivity index (χ3n) is 8.53. The van der Waals surface area contributed by atoms with Crippen LogP contribution in [0.1, 0.15) is 0 Å². The maximum absolute atomic E-state index is 6.65. The van der Waals surface area contributed by atoms with Gasteiger partial charge in [0.25, 0.3) is 0 Å². The van der Waals surface area contributed by atoms with E-state index in [4.69, 9.17) is 21.0 Å². The van der Waals surface area contributed by atoms with E-state index in [0.717, 1.165) is 27.4 Å². The Morgan fingerprint density at radius 1 is 0.595 bits per heavy atom. The molecule has 6 heteroatoms. The van der Waals surface area contributed by atoms with E-state index >= 15 is 0 Å². The minimum Gasteiger partial charge on any atom is -0.437 e. The second-order valence-corrected chi connectivity index (χ2v) is 12.1. The first kappa shape index (κ1) is 22.7. The summed E-state index contributed by atoms with van der Waals surface area (Å²) >= 11 is 8.51. The number of aromatic nitrogens is 3. The molecule has 4 heterocycles. The average molecular weight is 576 g/mol. The Kier molecular flexibility index (Phi) is 4.36. The zero-order valence-corrected chi connectivity index (χ0v) is 23.5. The minimum atomic E-state index is 0.152. The van der Waals surface area contributed by atoms with Crippen molar-refractivity contribution in [3.63, 3.8) is 0 Å². The van der Waals surface area contributed by atoms with E-state index in [2.05, 4.69) is 101 Å². The molecule has 0 aliphatic heterocycles. The third-order valence-corrected chi connectivity index (χ3v) is 9.91. The van der Waals surface area contributed by atoms with Crippen LogP contribution >= 0.6 is 22.9 Å². The summed E-state index contributed by atoms with van der Waals surface area (Å²) in [5.74, 6) is 0.717. The fraction of sp³-hybridized carbons (Fsp3) is 0. The first-order valence-electron chi connectivity index (χ1n) is 13.8. The van der Waals surface area contributed by atoms with E-state index in [1.807, 2.05) is 29.5 Å². The van der Waals surface area contributed by atoms with Crippen molar-refractivity contribution in [1.29, 1.82) is 0 Å². The SMILES string of the molecule is Clc1nc(-n2c3ccc4ccccc4c3c3c4c5ccccc5sc4c4ccccc4c32)c2c(n1)oc1ccccc12. The molecule has 0 radical (unpaired) electrons. The van der Waals surface area contributed by atoms with Gasteiger partial charge in [0.1, 0.15) is 5.58 Å². The van der Waals surface area contributed by atoms with E-state index in [1.54, 1.807) is 0 Å². The molecule has 10 rings (SSSR count). The highest BCUT2D eigenvalue weighted by Gasteiger charge is 2.26. The van der Waals surface area contributed by atoms with Gasteiger partial charge in [0, 0.05) is 47.1 Å². The molecule has 0 amide bonds. The Morgan fingerprint density at radius 3 is 2.19 bits per heavy atom. The van der Waals surface area contributed by atoms with E-state index < -0.39 is 0 Å². The highest BCUT2D eigenvalue weighted by atomic mass is 35.5. The van der Waals surface area contributed by atoms with Crippen molar-refractivity contribution < 1.29 is 4.42 Å². The van der Waals surface area contributed by atoms with Gasteiger partial charge in [-0.2, -0.15) is 9.97 Å². The van der Waals surface area contributed by atoms with Crippen LogP contribution in [0, 0.1) is 0 Å². The van der Waals surface area contributed by atoms with Crippen LogP contribution in [0.3, 0.4) is 0 Å². The van der Waals surface area contributed by atoms with Crippen LogP contribution in [0.15, 0.2) is 114 Å². The molecule has 42 heavy (non-hydrogen) atoms. The fourth-order valence-corrected chi connectivity index (χ4v) is 8.30. The van der Waals surface area contributed by atoms with E-state index in [1.165, 1.54) is 52.5 Å². The summed E-state index contributed by atoms with van der Waals surface area (Å²) in [5.41, 5.74) is 3.41. The van der Waals surface area contributed by atoms with Crippen molar-refractivity contribution in [1.82, 2.24) is 14.5 Å². The number of halogens is 1. The average Bonchev–Trinajstić information content (AvgIpc) is 3.70. The van der Waals surface area contributed by atoms with Crippen LogP contribution in [0.4, 0.5) is 0 Å². The van der Waals surface area contributed by atoms with Crippen molar-refractivity contribution in [2.24, 2.45) is 0 Å². The number of thiophene rings is 1. The van der Waals surface area contributed by atoms with E-state index in [0.29, 0.717) is 11.5 Å². The molecular formula is C36H18ClN3OS. The molecule has 4 nitrogen and oxygen atoms in total. The molecule has 196 valence electrons. The quantitative estimate of drug-likeness (QED) is 0.183. The topological polar surface area (TPSA) is 43.9 Å². The summed E-state index contributed by atoms with van der Waals surface area (Å²) in [6.07, 6.45) is 0. The zero-order chi connectivity index (χ0) is 27.5. The lowest BCUT2D eigenvalue weighted by atomic mass is 9.97. The Balaban J connectivity index is 1.59. The Bertz CT molecular complexity index is 2770. The Morgan fingerprint density at radius 2 is 1.31 bits per heavy atom. The van der Waals surface area contributed by atoms with E-state index in [9.17, 15) is 0 Å². The number of fused-ring (bicyclic) bond motifs is 15. The largest absolute Gasteiger partial charge is 0.437 e. The lowest BCUT2D eigenvalue weighted by molar-refractivity contribution is 0.652. The van der Waals surface area contributed by atoms with Gasteiger partial charge in [-0.25, -0.2) is 0 Å². The molecule has 4 aromatic heterocycles. The number of hydrogen-bond donors (Lipinski definition) is 0. The molecule has 0 aliphatic carbocycles. The van der Waals surface area contributed by atoms with Gasteiger partial charge in [-0.1, -0.05) is 91.0 Å². The minimum absolute atomic E-state index is 0.152. The van der Waals surface area contributed by atoms with Gasteiger partial charge < -0.3 is 4.42 Å². The number of benzene rings is 6. The molecular weight excluding hydrogens is 558 g/mol. The van der Waals surface area contributed by atoms with Crippen molar-refractivity contribution in [3.05, 3.63) is 114 Å². The summed E-state index contributed by atoms with van der Waals surface area (Å²) < 4.78 is 11.1. The van der Waals surface area contributed by atoms with Gasteiger partial charge >= 0.3 is 0 Å². The number of nitrogens with zero attached hydrogens (tertiary/aromatic N) is 3. The van der Waals surface area contributed by atoms with Crippen molar-refractivity contribution in [2.75, 3.05) is 0 Å². The third kappa shape index (κ3) is 2.82. The molecule has 0 N–H and O–H groups in total. The maximum atomic E-state index is 6.65. The standard InChI is InChI=1S/C36H18ClN3OS/c37-36-38-34(30-23-13-5-7-15-26(23)41-35(30)39-36)40-25-18-17-19-9-1-2-10-20(19)28(25)31-29-24-14-6-8-16-27(24)42-33(29)22-12-4-3-11-21(22)32(31)40/h1-18H. The molecule has 6 aromatic carbocycles. The molecule has 0 aliphatic rings. The zero-order valence-electron chi connectivity index (χ0n) is 21.9.